The molecule has 10 heteroatoms. The Labute approximate surface area is 233 Å². The lowest BCUT2D eigenvalue weighted by Gasteiger charge is -2.07. The van der Waals surface area contributed by atoms with Gasteiger partial charge in [-0.25, -0.2) is 4.79 Å². The smallest absolute Gasteiger partial charge is 0.330 e. The van der Waals surface area contributed by atoms with Gasteiger partial charge in [-0.2, -0.15) is 0 Å². The van der Waals surface area contributed by atoms with Crippen molar-refractivity contribution >= 4 is 29.8 Å². The number of rotatable bonds is 26. The van der Waals surface area contributed by atoms with Gasteiger partial charge >= 0.3 is 29.8 Å². The van der Waals surface area contributed by atoms with Gasteiger partial charge in [0, 0.05) is 31.8 Å². The predicted molar refractivity (Wildman–Crippen MR) is 145 cm³/mol. The Morgan fingerprint density at radius 1 is 0.462 bits per heavy atom. The van der Waals surface area contributed by atoms with Crippen molar-refractivity contribution in [2.75, 3.05) is 33.0 Å². The predicted octanol–water partition coefficient (Wildman–Crippen LogP) is 5.15. The van der Waals surface area contributed by atoms with E-state index in [0.717, 1.165) is 44.6 Å². The van der Waals surface area contributed by atoms with Gasteiger partial charge in [-0.05, 0) is 84.0 Å². The lowest BCUT2D eigenvalue weighted by Crippen LogP contribution is -2.08. The summed E-state index contributed by atoms with van der Waals surface area (Å²) in [5, 5.41) is 0. The van der Waals surface area contributed by atoms with Crippen molar-refractivity contribution in [2.24, 2.45) is 0 Å². The van der Waals surface area contributed by atoms with E-state index in [2.05, 4.69) is 6.58 Å². The van der Waals surface area contributed by atoms with Crippen molar-refractivity contribution in [3.8, 4) is 0 Å². The fourth-order valence-electron chi connectivity index (χ4n) is 3.43. The highest BCUT2D eigenvalue weighted by Crippen LogP contribution is 2.07. The summed E-state index contributed by atoms with van der Waals surface area (Å²) in [6.45, 7) is 6.84. The summed E-state index contributed by atoms with van der Waals surface area (Å²) >= 11 is 0. The first-order chi connectivity index (χ1) is 18.9. The van der Waals surface area contributed by atoms with E-state index in [1.807, 2.05) is 0 Å². The molecular weight excluding hydrogens is 508 g/mol. The van der Waals surface area contributed by atoms with Crippen LogP contribution in [0.15, 0.2) is 12.7 Å². The van der Waals surface area contributed by atoms with Gasteiger partial charge in [-0.15, -0.1) is 0 Å². The molecule has 0 saturated heterocycles. The third-order valence-electron chi connectivity index (χ3n) is 5.61. The molecule has 0 rings (SSSR count). The van der Waals surface area contributed by atoms with Gasteiger partial charge < -0.3 is 23.7 Å². The van der Waals surface area contributed by atoms with E-state index < -0.39 is 5.97 Å². The molecule has 0 aliphatic carbocycles. The Morgan fingerprint density at radius 2 is 0.769 bits per heavy atom. The molecule has 0 atom stereocenters. The molecule has 0 aliphatic rings. The van der Waals surface area contributed by atoms with E-state index in [1.54, 1.807) is 6.92 Å². The van der Waals surface area contributed by atoms with Crippen molar-refractivity contribution in [3.63, 3.8) is 0 Å². The molecule has 0 amide bonds. The topological polar surface area (TPSA) is 132 Å². The standard InChI is InChI=1S/C29H48O10/c1-3-25(30)36-21-13-6-10-18-27(32)38-23-15-8-12-20-29(34)39-24-16-7-11-19-28(33)37-22-14-5-9-17-26(31)35-4-2/h3H,1,4-24H2,2H3. The van der Waals surface area contributed by atoms with E-state index in [9.17, 15) is 24.0 Å². The van der Waals surface area contributed by atoms with Gasteiger partial charge in [-0.3, -0.25) is 19.2 Å². The van der Waals surface area contributed by atoms with Crippen LogP contribution in [0.4, 0.5) is 0 Å². The van der Waals surface area contributed by atoms with Gasteiger partial charge in [0.25, 0.3) is 0 Å². The Morgan fingerprint density at radius 3 is 1.08 bits per heavy atom. The molecule has 0 spiro atoms. The fraction of sp³-hybridized carbons (Fsp3) is 0.759. The fourth-order valence-corrected chi connectivity index (χ4v) is 3.43. The molecule has 0 aromatic heterocycles. The lowest BCUT2D eigenvalue weighted by atomic mass is 10.2. The average molecular weight is 557 g/mol. The van der Waals surface area contributed by atoms with E-state index in [0.29, 0.717) is 97.2 Å². The van der Waals surface area contributed by atoms with Crippen LogP contribution < -0.4 is 0 Å². The lowest BCUT2D eigenvalue weighted by molar-refractivity contribution is -0.145. The van der Waals surface area contributed by atoms with Crippen molar-refractivity contribution in [3.05, 3.63) is 12.7 Å². The molecule has 0 heterocycles. The molecule has 0 N–H and O–H groups in total. The minimum absolute atomic E-state index is 0.192. The molecule has 0 saturated carbocycles. The van der Waals surface area contributed by atoms with Crippen LogP contribution in [-0.2, 0) is 47.7 Å². The third-order valence-corrected chi connectivity index (χ3v) is 5.61. The van der Waals surface area contributed by atoms with Crippen molar-refractivity contribution in [1.82, 2.24) is 0 Å². The minimum atomic E-state index is -0.441. The van der Waals surface area contributed by atoms with Gasteiger partial charge in [-0.1, -0.05) is 6.58 Å². The first kappa shape index (κ1) is 36.1. The minimum Gasteiger partial charge on any atom is -0.466 e. The maximum Gasteiger partial charge on any atom is 0.330 e. The Balaban J connectivity index is 3.42. The second-order valence-corrected chi connectivity index (χ2v) is 9.08. The molecule has 224 valence electrons. The molecule has 39 heavy (non-hydrogen) atoms. The molecule has 0 bridgehead atoms. The quantitative estimate of drug-likeness (QED) is 0.0610. The molecule has 0 aromatic rings. The van der Waals surface area contributed by atoms with E-state index >= 15 is 0 Å². The second-order valence-electron chi connectivity index (χ2n) is 9.08. The summed E-state index contributed by atoms with van der Waals surface area (Å²) < 4.78 is 25.3. The molecule has 0 radical (unpaired) electrons. The molecular formula is C29H48O10. The number of esters is 5. The average Bonchev–Trinajstić information content (AvgIpc) is 2.91. The van der Waals surface area contributed by atoms with Crippen LogP contribution in [0.25, 0.3) is 0 Å². The van der Waals surface area contributed by atoms with E-state index in [4.69, 9.17) is 23.7 Å². The van der Waals surface area contributed by atoms with Crippen LogP contribution in [0.2, 0.25) is 0 Å². The van der Waals surface area contributed by atoms with Crippen LogP contribution in [0, 0.1) is 0 Å². The van der Waals surface area contributed by atoms with Gasteiger partial charge in [0.05, 0.1) is 33.0 Å². The number of ether oxygens (including phenoxy) is 5. The number of hydrogen-bond donors (Lipinski definition) is 0. The maximum absolute atomic E-state index is 11.8. The third kappa shape index (κ3) is 26.5. The summed E-state index contributed by atoms with van der Waals surface area (Å²) in [5.74, 6) is -1.35. The largest absolute Gasteiger partial charge is 0.466 e. The van der Waals surface area contributed by atoms with Crippen LogP contribution in [0.5, 0.6) is 0 Å². The highest BCUT2D eigenvalue weighted by atomic mass is 16.5. The molecule has 0 aromatic carbocycles. The molecule has 0 aliphatic heterocycles. The first-order valence-corrected chi connectivity index (χ1v) is 14.3. The van der Waals surface area contributed by atoms with Crippen LogP contribution in [0.3, 0.4) is 0 Å². The zero-order valence-corrected chi connectivity index (χ0v) is 23.7. The zero-order valence-electron chi connectivity index (χ0n) is 23.7. The summed E-state index contributed by atoms with van der Waals surface area (Å²) in [6.07, 6.45) is 11.2. The van der Waals surface area contributed by atoms with Crippen LogP contribution in [-0.4, -0.2) is 62.9 Å². The van der Waals surface area contributed by atoms with Gasteiger partial charge in [0.1, 0.15) is 0 Å². The van der Waals surface area contributed by atoms with Crippen molar-refractivity contribution in [1.29, 1.82) is 0 Å². The Bertz CT molecular complexity index is 704. The highest BCUT2D eigenvalue weighted by Gasteiger charge is 2.07. The normalized spacial score (nSPS) is 10.4. The van der Waals surface area contributed by atoms with Crippen LogP contribution in [0.1, 0.15) is 110 Å². The summed E-state index contributed by atoms with van der Waals surface area (Å²) in [4.78, 5) is 57.3. The number of carbonyl (C=O) groups is 5. The SMILES string of the molecule is C=CC(=O)OCCCCCC(=O)OCCCCCC(=O)OCCCCCC(=O)OCCCCCC(=O)OCC. The Hall–Kier alpha value is -2.91. The number of unbranched alkanes of at least 4 members (excludes halogenated alkanes) is 8. The number of carbonyl (C=O) groups excluding carboxylic acids is 5. The maximum atomic E-state index is 11.8. The van der Waals surface area contributed by atoms with Crippen molar-refractivity contribution in [2.45, 2.75) is 110 Å². The Kier molecular flexibility index (Phi) is 24.7. The first-order valence-electron chi connectivity index (χ1n) is 14.3. The van der Waals surface area contributed by atoms with Gasteiger partial charge in [0.15, 0.2) is 0 Å². The number of hydrogen-bond acceptors (Lipinski definition) is 10. The second kappa shape index (κ2) is 26.7. The van der Waals surface area contributed by atoms with Gasteiger partial charge in [0.2, 0.25) is 0 Å². The zero-order chi connectivity index (χ0) is 29.0. The summed E-state index contributed by atoms with van der Waals surface area (Å²) in [5.41, 5.74) is 0. The molecule has 0 fully saturated rings. The monoisotopic (exact) mass is 556 g/mol. The molecule has 10 nitrogen and oxygen atoms in total. The van der Waals surface area contributed by atoms with E-state index in [1.165, 1.54) is 0 Å². The highest BCUT2D eigenvalue weighted by molar-refractivity contribution is 5.81. The molecule has 0 unspecified atom stereocenters. The van der Waals surface area contributed by atoms with Crippen LogP contribution >= 0.6 is 0 Å². The summed E-state index contributed by atoms with van der Waals surface area (Å²) in [7, 11) is 0. The summed E-state index contributed by atoms with van der Waals surface area (Å²) in [6, 6.07) is 0. The van der Waals surface area contributed by atoms with Crippen molar-refractivity contribution < 1.29 is 47.7 Å². The van der Waals surface area contributed by atoms with E-state index in [-0.39, 0.29) is 23.9 Å².